The van der Waals surface area contributed by atoms with Crippen LogP contribution in [0.1, 0.15) is 18.1 Å². The molecule has 0 saturated heterocycles. The lowest BCUT2D eigenvalue weighted by Crippen LogP contribution is -2.39. The van der Waals surface area contributed by atoms with Gasteiger partial charge in [-0.25, -0.2) is 0 Å². The molecule has 108 valence electrons. The van der Waals surface area contributed by atoms with E-state index in [-0.39, 0.29) is 23.6 Å². The monoisotopic (exact) mass is 275 g/mol. The molecule has 3 N–H and O–H groups in total. The molecule has 0 spiro atoms. The Morgan fingerprint density at radius 2 is 2.00 bits per heavy atom. The number of nitrogens with two attached hydrogens (primary N) is 1. The van der Waals surface area contributed by atoms with Crippen LogP contribution in [0, 0.1) is 11.8 Å². The third-order valence-electron chi connectivity index (χ3n) is 3.94. The molecule has 1 atom stereocenters. The molecule has 0 heterocycles. The normalized spacial score (nSPS) is 16.8. The predicted octanol–water partition coefficient (Wildman–Crippen LogP) is 1.24. The van der Waals surface area contributed by atoms with Crippen molar-refractivity contribution in [1.82, 2.24) is 4.90 Å². The number of fused-ring (bicyclic) bond motifs is 1. The Hall–Kier alpha value is -2.04. The standard InChI is InChI=1S/C15H21N3O2/c1-10(14(16)17-20)9-18(2)15(19)13-7-11-5-3-4-6-12(11)8-13/h3-6,10,13,20H,7-9H2,1-2H3,(H2,16,17). The minimum atomic E-state index is -0.155. The van der Waals surface area contributed by atoms with Gasteiger partial charge >= 0.3 is 0 Å². The molecule has 0 aromatic heterocycles. The largest absolute Gasteiger partial charge is 0.409 e. The van der Waals surface area contributed by atoms with Crippen LogP contribution in [0.3, 0.4) is 0 Å². The third-order valence-corrected chi connectivity index (χ3v) is 3.94. The summed E-state index contributed by atoms with van der Waals surface area (Å²) >= 11 is 0. The van der Waals surface area contributed by atoms with E-state index >= 15 is 0 Å². The maximum atomic E-state index is 12.4. The van der Waals surface area contributed by atoms with Gasteiger partial charge in [-0.1, -0.05) is 36.3 Å². The fourth-order valence-electron chi connectivity index (χ4n) is 2.74. The Balaban J connectivity index is 1.96. The summed E-state index contributed by atoms with van der Waals surface area (Å²) in [5.74, 6) is 0.132. The van der Waals surface area contributed by atoms with Gasteiger partial charge in [0.15, 0.2) is 0 Å². The highest BCUT2D eigenvalue weighted by molar-refractivity contribution is 5.84. The molecule has 0 bridgehead atoms. The molecule has 1 aliphatic carbocycles. The SMILES string of the molecule is CC(CN(C)C(=O)C1Cc2ccccc2C1)/C(N)=N/O. The summed E-state index contributed by atoms with van der Waals surface area (Å²) in [6.45, 7) is 2.30. The minimum absolute atomic E-state index is 0.0110. The van der Waals surface area contributed by atoms with E-state index in [1.807, 2.05) is 19.1 Å². The molecular weight excluding hydrogens is 254 g/mol. The van der Waals surface area contributed by atoms with Crippen molar-refractivity contribution < 1.29 is 10.0 Å². The highest BCUT2D eigenvalue weighted by Crippen LogP contribution is 2.27. The molecule has 20 heavy (non-hydrogen) atoms. The zero-order valence-electron chi connectivity index (χ0n) is 11.9. The quantitative estimate of drug-likeness (QED) is 0.375. The first kappa shape index (κ1) is 14.4. The second kappa shape index (κ2) is 5.94. The molecule has 2 rings (SSSR count). The fraction of sp³-hybridized carbons (Fsp3) is 0.467. The van der Waals surface area contributed by atoms with E-state index in [0.29, 0.717) is 6.54 Å². The van der Waals surface area contributed by atoms with E-state index in [1.165, 1.54) is 11.1 Å². The number of hydrogen-bond donors (Lipinski definition) is 2. The zero-order chi connectivity index (χ0) is 14.7. The van der Waals surface area contributed by atoms with Gasteiger partial charge in [0.1, 0.15) is 5.84 Å². The van der Waals surface area contributed by atoms with Crippen LogP contribution < -0.4 is 5.73 Å². The summed E-state index contributed by atoms with van der Waals surface area (Å²) in [7, 11) is 1.77. The molecule has 1 aromatic rings. The Labute approximate surface area is 119 Å². The van der Waals surface area contributed by atoms with E-state index < -0.39 is 0 Å². The highest BCUT2D eigenvalue weighted by atomic mass is 16.4. The minimum Gasteiger partial charge on any atom is -0.409 e. The van der Waals surface area contributed by atoms with Crippen LogP contribution in [0.2, 0.25) is 0 Å². The van der Waals surface area contributed by atoms with Crippen molar-refractivity contribution in [2.24, 2.45) is 22.7 Å². The highest BCUT2D eigenvalue weighted by Gasteiger charge is 2.29. The maximum absolute atomic E-state index is 12.4. The van der Waals surface area contributed by atoms with E-state index in [1.54, 1.807) is 11.9 Å². The number of nitrogens with zero attached hydrogens (tertiary/aromatic N) is 2. The van der Waals surface area contributed by atoms with Crippen LogP contribution in [0.15, 0.2) is 29.4 Å². The molecular formula is C15H21N3O2. The summed E-state index contributed by atoms with van der Waals surface area (Å²) in [4.78, 5) is 14.1. The van der Waals surface area contributed by atoms with Gasteiger partial charge in [-0.05, 0) is 24.0 Å². The number of amides is 1. The van der Waals surface area contributed by atoms with E-state index in [2.05, 4.69) is 17.3 Å². The summed E-state index contributed by atoms with van der Waals surface area (Å²) in [6.07, 6.45) is 1.61. The summed E-state index contributed by atoms with van der Waals surface area (Å²) in [5.41, 5.74) is 8.08. The number of hydrogen-bond acceptors (Lipinski definition) is 3. The number of oxime groups is 1. The van der Waals surface area contributed by atoms with Crippen molar-refractivity contribution in [2.45, 2.75) is 19.8 Å². The van der Waals surface area contributed by atoms with Gasteiger partial charge in [0.05, 0.1) is 0 Å². The Morgan fingerprint density at radius 1 is 1.45 bits per heavy atom. The van der Waals surface area contributed by atoms with Crippen LogP contribution in [0.5, 0.6) is 0 Å². The van der Waals surface area contributed by atoms with Gasteiger partial charge < -0.3 is 15.8 Å². The second-order valence-electron chi connectivity index (χ2n) is 5.52. The van der Waals surface area contributed by atoms with Crippen molar-refractivity contribution in [3.63, 3.8) is 0 Å². The molecule has 0 fully saturated rings. The molecule has 1 aliphatic rings. The first-order valence-electron chi connectivity index (χ1n) is 6.82. The smallest absolute Gasteiger partial charge is 0.226 e. The summed E-state index contributed by atoms with van der Waals surface area (Å²) in [5, 5.41) is 11.6. The van der Waals surface area contributed by atoms with Crippen molar-refractivity contribution in [3.05, 3.63) is 35.4 Å². The second-order valence-corrected chi connectivity index (χ2v) is 5.52. The van der Waals surface area contributed by atoms with Crippen LogP contribution in [0.25, 0.3) is 0 Å². The average Bonchev–Trinajstić information content (AvgIpc) is 2.89. The van der Waals surface area contributed by atoms with Crippen LogP contribution >= 0.6 is 0 Å². The number of carbonyl (C=O) groups is 1. The van der Waals surface area contributed by atoms with Crippen LogP contribution in [0.4, 0.5) is 0 Å². The Kier molecular flexibility index (Phi) is 4.27. The summed E-state index contributed by atoms with van der Waals surface area (Å²) < 4.78 is 0. The van der Waals surface area contributed by atoms with Crippen molar-refractivity contribution in [1.29, 1.82) is 0 Å². The third kappa shape index (κ3) is 2.92. The number of amidine groups is 1. The van der Waals surface area contributed by atoms with Crippen LogP contribution in [-0.4, -0.2) is 35.4 Å². The molecule has 1 aromatic carbocycles. The molecule has 1 amide bonds. The van der Waals surface area contributed by atoms with Gasteiger partial charge in [0.2, 0.25) is 5.91 Å². The molecule has 0 radical (unpaired) electrons. The molecule has 0 saturated carbocycles. The first-order valence-corrected chi connectivity index (χ1v) is 6.82. The number of benzene rings is 1. The topological polar surface area (TPSA) is 78.9 Å². The first-order chi connectivity index (χ1) is 9.52. The van der Waals surface area contributed by atoms with Gasteiger partial charge in [0, 0.05) is 25.4 Å². The zero-order valence-corrected chi connectivity index (χ0v) is 11.9. The molecule has 5 nitrogen and oxygen atoms in total. The Morgan fingerprint density at radius 3 is 2.50 bits per heavy atom. The lowest BCUT2D eigenvalue weighted by Gasteiger charge is -2.23. The van der Waals surface area contributed by atoms with Crippen LogP contribution in [-0.2, 0) is 17.6 Å². The summed E-state index contributed by atoms with van der Waals surface area (Å²) in [6, 6.07) is 8.19. The average molecular weight is 275 g/mol. The lowest BCUT2D eigenvalue weighted by molar-refractivity contribution is -0.134. The molecule has 5 heteroatoms. The van der Waals surface area contributed by atoms with E-state index in [9.17, 15) is 4.79 Å². The lowest BCUT2D eigenvalue weighted by atomic mass is 10.0. The number of carbonyl (C=O) groups excluding carboxylic acids is 1. The molecule has 1 unspecified atom stereocenters. The Bertz CT molecular complexity index is 503. The number of rotatable bonds is 4. The van der Waals surface area contributed by atoms with Gasteiger partial charge in [-0.3, -0.25) is 4.79 Å². The van der Waals surface area contributed by atoms with Crippen molar-refractivity contribution in [3.8, 4) is 0 Å². The van der Waals surface area contributed by atoms with Crippen molar-refractivity contribution in [2.75, 3.05) is 13.6 Å². The van der Waals surface area contributed by atoms with E-state index in [4.69, 9.17) is 10.9 Å². The molecule has 0 aliphatic heterocycles. The fourth-order valence-corrected chi connectivity index (χ4v) is 2.74. The van der Waals surface area contributed by atoms with E-state index in [0.717, 1.165) is 12.8 Å². The predicted molar refractivity (Wildman–Crippen MR) is 77.5 cm³/mol. The van der Waals surface area contributed by atoms with Gasteiger partial charge in [0.25, 0.3) is 0 Å². The van der Waals surface area contributed by atoms with Gasteiger partial charge in [-0.2, -0.15) is 0 Å². The maximum Gasteiger partial charge on any atom is 0.226 e. The van der Waals surface area contributed by atoms with Gasteiger partial charge in [-0.15, -0.1) is 0 Å². The van der Waals surface area contributed by atoms with Crippen molar-refractivity contribution >= 4 is 11.7 Å².